The van der Waals surface area contributed by atoms with Gasteiger partial charge in [0.15, 0.2) is 0 Å². The van der Waals surface area contributed by atoms with E-state index in [1.54, 1.807) is 30.3 Å². The maximum atomic E-state index is 11.1. The fourth-order valence-corrected chi connectivity index (χ4v) is 2.84. The summed E-state index contributed by atoms with van der Waals surface area (Å²) in [5, 5.41) is 18.1. The van der Waals surface area contributed by atoms with Crippen molar-refractivity contribution in [1.82, 2.24) is 0 Å². The van der Waals surface area contributed by atoms with Crippen LogP contribution in [-0.4, -0.2) is 18.2 Å². The quantitative estimate of drug-likeness (QED) is 0.855. The molecule has 2 aromatic rings. The Labute approximate surface area is 127 Å². The van der Waals surface area contributed by atoms with Crippen molar-refractivity contribution in [3.8, 4) is 11.8 Å². The molecule has 0 aliphatic heterocycles. The Morgan fingerprint density at radius 1 is 1.33 bits per heavy atom. The van der Waals surface area contributed by atoms with Crippen molar-refractivity contribution in [1.29, 1.82) is 5.26 Å². The van der Waals surface area contributed by atoms with E-state index in [1.165, 1.54) is 18.9 Å². The molecule has 0 fully saturated rings. The number of nitrogens with zero attached hydrogens (tertiary/aromatic N) is 1. The highest BCUT2D eigenvalue weighted by molar-refractivity contribution is 7.98. The molecule has 0 heterocycles. The van der Waals surface area contributed by atoms with Crippen molar-refractivity contribution >= 4 is 17.7 Å². The molecule has 106 valence electrons. The molecular formula is C16H13NO3S. The van der Waals surface area contributed by atoms with E-state index in [0.29, 0.717) is 27.5 Å². The zero-order valence-corrected chi connectivity index (χ0v) is 12.2. The number of aromatic carboxylic acids is 1. The summed E-state index contributed by atoms with van der Waals surface area (Å²) in [4.78, 5) is 11.9. The lowest BCUT2D eigenvalue weighted by molar-refractivity contribution is 0.0693. The number of hydrogen-bond donors (Lipinski definition) is 1. The van der Waals surface area contributed by atoms with Gasteiger partial charge >= 0.3 is 5.97 Å². The van der Waals surface area contributed by atoms with Crippen LogP contribution in [0.2, 0.25) is 0 Å². The van der Waals surface area contributed by atoms with Gasteiger partial charge in [-0.15, -0.1) is 11.8 Å². The summed E-state index contributed by atoms with van der Waals surface area (Å²) in [7, 11) is 1.52. The smallest absolute Gasteiger partial charge is 0.336 e. The SMILES string of the molecule is COc1cc(CSc2ccccc2C(=O)O)ccc1C#N. The van der Waals surface area contributed by atoms with Gasteiger partial charge in [0.2, 0.25) is 0 Å². The Morgan fingerprint density at radius 2 is 2.10 bits per heavy atom. The summed E-state index contributed by atoms with van der Waals surface area (Å²) in [6.07, 6.45) is 0. The Balaban J connectivity index is 2.18. The predicted octanol–water partition coefficient (Wildman–Crippen LogP) is 3.56. The second-order valence-electron chi connectivity index (χ2n) is 4.24. The Morgan fingerprint density at radius 3 is 2.76 bits per heavy atom. The molecule has 5 heteroatoms. The molecule has 2 rings (SSSR count). The first-order chi connectivity index (χ1) is 10.2. The number of benzene rings is 2. The van der Waals surface area contributed by atoms with Gasteiger partial charge < -0.3 is 9.84 Å². The first-order valence-corrected chi connectivity index (χ1v) is 7.16. The van der Waals surface area contributed by atoms with Gasteiger partial charge in [0, 0.05) is 10.6 Å². The molecule has 0 unspecified atom stereocenters. The van der Waals surface area contributed by atoms with Gasteiger partial charge in [-0.05, 0) is 29.8 Å². The number of nitriles is 1. The second-order valence-corrected chi connectivity index (χ2v) is 5.25. The van der Waals surface area contributed by atoms with Gasteiger partial charge in [-0.25, -0.2) is 4.79 Å². The number of carboxylic acids is 1. The summed E-state index contributed by atoms with van der Waals surface area (Å²) in [5.41, 5.74) is 1.75. The van der Waals surface area contributed by atoms with E-state index < -0.39 is 5.97 Å². The third kappa shape index (κ3) is 3.56. The Kier molecular flexibility index (Phi) is 4.85. The average molecular weight is 299 g/mol. The summed E-state index contributed by atoms with van der Waals surface area (Å²) in [6, 6.07) is 14.3. The second kappa shape index (κ2) is 6.82. The van der Waals surface area contributed by atoms with Crippen molar-refractivity contribution in [2.75, 3.05) is 7.11 Å². The van der Waals surface area contributed by atoms with Gasteiger partial charge in [0.25, 0.3) is 0 Å². The molecule has 0 atom stereocenters. The molecule has 0 bridgehead atoms. The fraction of sp³-hybridized carbons (Fsp3) is 0.125. The summed E-state index contributed by atoms with van der Waals surface area (Å²) in [6.45, 7) is 0. The lowest BCUT2D eigenvalue weighted by atomic mass is 10.1. The highest BCUT2D eigenvalue weighted by Crippen LogP contribution is 2.28. The van der Waals surface area contributed by atoms with Gasteiger partial charge in [-0.3, -0.25) is 0 Å². The molecule has 0 aromatic heterocycles. The maximum Gasteiger partial charge on any atom is 0.336 e. The lowest BCUT2D eigenvalue weighted by Crippen LogP contribution is -1.98. The standard InChI is InChI=1S/C16H13NO3S/c1-20-14-8-11(6-7-12(14)9-17)10-21-15-5-3-2-4-13(15)16(18)19/h2-8H,10H2,1H3,(H,18,19). The average Bonchev–Trinajstić information content (AvgIpc) is 2.52. The Hall–Kier alpha value is -2.45. The number of ether oxygens (including phenoxy) is 1. The summed E-state index contributed by atoms with van der Waals surface area (Å²) >= 11 is 1.44. The van der Waals surface area contributed by atoms with Crippen LogP contribution in [0.3, 0.4) is 0 Å². The van der Waals surface area contributed by atoms with Crippen molar-refractivity contribution in [3.63, 3.8) is 0 Å². The molecular weight excluding hydrogens is 286 g/mol. The van der Waals surface area contributed by atoms with Crippen LogP contribution in [0, 0.1) is 11.3 Å². The summed E-state index contributed by atoms with van der Waals surface area (Å²) < 4.78 is 5.17. The molecule has 1 N–H and O–H groups in total. The zero-order valence-electron chi connectivity index (χ0n) is 11.4. The molecule has 0 aliphatic rings. The molecule has 2 aromatic carbocycles. The molecule has 21 heavy (non-hydrogen) atoms. The summed E-state index contributed by atoms with van der Waals surface area (Å²) in [5.74, 6) is 0.199. The van der Waals surface area contributed by atoms with Crippen LogP contribution in [0.4, 0.5) is 0 Å². The monoisotopic (exact) mass is 299 g/mol. The number of rotatable bonds is 5. The van der Waals surface area contributed by atoms with Crippen molar-refractivity contribution in [2.24, 2.45) is 0 Å². The van der Waals surface area contributed by atoms with Crippen LogP contribution in [0.1, 0.15) is 21.5 Å². The number of thioether (sulfide) groups is 1. The molecule has 4 nitrogen and oxygen atoms in total. The van der Waals surface area contributed by atoms with E-state index in [9.17, 15) is 4.79 Å². The third-order valence-electron chi connectivity index (χ3n) is 2.90. The minimum absolute atomic E-state index is 0.295. The minimum atomic E-state index is -0.935. The number of methoxy groups -OCH3 is 1. The van der Waals surface area contributed by atoms with E-state index in [2.05, 4.69) is 6.07 Å². The molecule has 0 spiro atoms. The van der Waals surface area contributed by atoms with E-state index in [-0.39, 0.29) is 0 Å². The fourth-order valence-electron chi connectivity index (χ4n) is 1.85. The van der Waals surface area contributed by atoms with Gasteiger partial charge in [-0.2, -0.15) is 5.26 Å². The first-order valence-electron chi connectivity index (χ1n) is 6.18. The van der Waals surface area contributed by atoms with Crippen LogP contribution in [0.25, 0.3) is 0 Å². The van der Waals surface area contributed by atoms with E-state index in [0.717, 1.165) is 5.56 Å². The topological polar surface area (TPSA) is 70.3 Å². The molecule has 0 radical (unpaired) electrons. The van der Waals surface area contributed by atoms with Crippen LogP contribution in [0.5, 0.6) is 5.75 Å². The van der Waals surface area contributed by atoms with Crippen LogP contribution in [0.15, 0.2) is 47.4 Å². The minimum Gasteiger partial charge on any atom is -0.495 e. The van der Waals surface area contributed by atoms with Gasteiger partial charge in [0.1, 0.15) is 11.8 Å². The van der Waals surface area contributed by atoms with Crippen LogP contribution in [-0.2, 0) is 5.75 Å². The largest absolute Gasteiger partial charge is 0.495 e. The molecule has 0 amide bonds. The normalized spacial score (nSPS) is 9.90. The highest BCUT2D eigenvalue weighted by atomic mass is 32.2. The van der Waals surface area contributed by atoms with E-state index >= 15 is 0 Å². The highest BCUT2D eigenvalue weighted by Gasteiger charge is 2.10. The van der Waals surface area contributed by atoms with Crippen molar-refractivity contribution in [2.45, 2.75) is 10.6 Å². The van der Waals surface area contributed by atoms with Crippen LogP contribution >= 0.6 is 11.8 Å². The number of carboxylic acid groups (broad SMARTS) is 1. The Bertz CT molecular complexity index is 707. The molecule has 0 aliphatic carbocycles. The van der Waals surface area contributed by atoms with Gasteiger partial charge in [-0.1, -0.05) is 18.2 Å². The number of hydrogen-bond acceptors (Lipinski definition) is 4. The maximum absolute atomic E-state index is 11.1. The van der Waals surface area contributed by atoms with Crippen LogP contribution < -0.4 is 4.74 Å². The molecule has 0 saturated carbocycles. The molecule has 0 saturated heterocycles. The van der Waals surface area contributed by atoms with E-state index in [1.807, 2.05) is 12.1 Å². The predicted molar refractivity (Wildman–Crippen MR) is 80.7 cm³/mol. The zero-order chi connectivity index (χ0) is 15.2. The van der Waals surface area contributed by atoms with Crippen molar-refractivity contribution in [3.05, 3.63) is 59.2 Å². The first kappa shape index (κ1) is 14.9. The van der Waals surface area contributed by atoms with Gasteiger partial charge in [0.05, 0.1) is 18.2 Å². The lowest BCUT2D eigenvalue weighted by Gasteiger charge is -2.08. The van der Waals surface area contributed by atoms with E-state index in [4.69, 9.17) is 15.1 Å². The third-order valence-corrected chi connectivity index (χ3v) is 4.04. The van der Waals surface area contributed by atoms with Crippen molar-refractivity contribution < 1.29 is 14.6 Å². The number of carbonyl (C=O) groups is 1.